The first-order valence-corrected chi connectivity index (χ1v) is 8.91. The lowest BCUT2D eigenvalue weighted by Crippen LogP contribution is -2.28. The molecular formula is C19H21NO3S. The first kappa shape index (κ1) is 18.1. The lowest BCUT2D eigenvalue weighted by Gasteiger charge is -2.17. The molecule has 2 aromatic carbocycles. The summed E-state index contributed by atoms with van der Waals surface area (Å²) in [5.74, 6) is -0.518. The zero-order valence-corrected chi connectivity index (χ0v) is 14.6. The Labute approximate surface area is 146 Å². The van der Waals surface area contributed by atoms with Crippen LogP contribution in [0.1, 0.15) is 30.5 Å². The number of rotatable bonds is 7. The summed E-state index contributed by atoms with van der Waals surface area (Å²) >= 11 is 1.67. The third-order valence-electron chi connectivity index (χ3n) is 3.51. The first-order chi connectivity index (χ1) is 11.6. The van der Waals surface area contributed by atoms with E-state index in [2.05, 4.69) is 5.32 Å². The molecule has 24 heavy (non-hydrogen) atoms. The highest BCUT2D eigenvalue weighted by atomic mass is 32.2. The van der Waals surface area contributed by atoms with Crippen LogP contribution < -0.4 is 5.32 Å². The molecule has 1 N–H and O–H groups in total. The number of amides is 1. The Morgan fingerprint density at radius 1 is 1.08 bits per heavy atom. The summed E-state index contributed by atoms with van der Waals surface area (Å²) in [6.07, 6.45) is 2.12. The van der Waals surface area contributed by atoms with Crippen LogP contribution in [0.4, 0.5) is 0 Å². The van der Waals surface area contributed by atoms with Gasteiger partial charge in [-0.15, -0.1) is 11.8 Å². The quantitative estimate of drug-likeness (QED) is 0.615. The summed E-state index contributed by atoms with van der Waals surface area (Å²) in [4.78, 5) is 24.7. The molecule has 0 spiro atoms. The lowest BCUT2D eigenvalue weighted by atomic mass is 10.0. The average molecular weight is 343 g/mol. The topological polar surface area (TPSA) is 55.4 Å². The summed E-state index contributed by atoms with van der Waals surface area (Å²) < 4.78 is 5.34. The molecule has 0 aliphatic carbocycles. The molecule has 0 unspecified atom stereocenters. The van der Waals surface area contributed by atoms with Crippen molar-refractivity contribution in [3.63, 3.8) is 0 Å². The Morgan fingerprint density at radius 3 is 2.33 bits per heavy atom. The maximum Gasteiger partial charge on any atom is 0.308 e. The Bertz CT molecular complexity index is 671. The van der Waals surface area contributed by atoms with E-state index in [0.717, 1.165) is 11.1 Å². The summed E-state index contributed by atoms with van der Waals surface area (Å²) in [7, 11) is 0. The van der Waals surface area contributed by atoms with Gasteiger partial charge in [-0.25, -0.2) is 0 Å². The smallest absolute Gasteiger partial charge is 0.308 e. The second-order valence-corrected chi connectivity index (χ2v) is 6.26. The molecule has 5 heteroatoms. The van der Waals surface area contributed by atoms with Gasteiger partial charge in [0.05, 0.1) is 12.5 Å². The van der Waals surface area contributed by atoms with E-state index < -0.39 is 0 Å². The van der Waals surface area contributed by atoms with Crippen LogP contribution >= 0.6 is 11.8 Å². The van der Waals surface area contributed by atoms with Crippen molar-refractivity contribution in [2.24, 2.45) is 0 Å². The van der Waals surface area contributed by atoms with Crippen LogP contribution in [0.15, 0.2) is 59.5 Å². The van der Waals surface area contributed by atoms with Crippen LogP contribution in [0, 0.1) is 0 Å². The van der Waals surface area contributed by atoms with Gasteiger partial charge in [0.1, 0.15) is 6.61 Å². The number of hydrogen-bond donors (Lipinski definition) is 1. The van der Waals surface area contributed by atoms with Gasteiger partial charge in [0.15, 0.2) is 0 Å². The van der Waals surface area contributed by atoms with Crippen molar-refractivity contribution in [1.29, 1.82) is 0 Å². The highest BCUT2D eigenvalue weighted by Crippen LogP contribution is 2.18. The third kappa shape index (κ3) is 5.74. The molecule has 0 aliphatic heterocycles. The molecule has 0 saturated heterocycles. The molecule has 1 amide bonds. The number of nitrogens with one attached hydrogen (secondary N) is 1. The van der Waals surface area contributed by atoms with Crippen molar-refractivity contribution < 1.29 is 14.3 Å². The molecule has 4 nitrogen and oxygen atoms in total. The molecule has 0 aliphatic rings. The molecular weight excluding hydrogens is 322 g/mol. The molecule has 2 aromatic rings. The van der Waals surface area contributed by atoms with Gasteiger partial charge in [-0.05, 0) is 29.5 Å². The average Bonchev–Trinajstić information content (AvgIpc) is 2.60. The van der Waals surface area contributed by atoms with E-state index in [1.807, 2.05) is 60.9 Å². The molecule has 126 valence electrons. The highest BCUT2D eigenvalue weighted by molar-refractivity contribution is 7.98. The van der Waals surface area contributed by atoms with E-state index in [1.54, 1.807) is 11.8 Å². The van der Waals surface area contributed by atoms with E-state index in [9.17, 15) is 9.59 Å². The van der Waals surface area contributed by atoms with Crippen LogP contribution in [0.5, 0.6) is 0 Å². The zero-order valence-electron chi connectivity index (χ0n) is 13.8. The normalized spacial score (nSPS) is 11.6. The van der Waals surface area contributed by atoms with Crippen molar-refractivity contribution >= 4 is 23.6 Å². The summed E-state index contributed by atoms with van der Waals surface area (Å²) in [6, 6.07) is 16.9. The van der Waals surface area contributed by atoms with Crippen molar-refractivity contribution in [3.8, 4) is 0 Å². The van der Waals surface area contributed by atoms with Crippen LogP contribution in [0.3, 0.4) is 0 Å². The molecule has 0 radical (unpaired) electrons. The van der Waals surface area contributed by atoms with Gasteiger partial charge in [-0.1, -0.05) is 42.5 Å². The van der Waals surface area contributed by atoms with Crippen LogP contribution in [-0.4, -0.2) is 18.1 Å². The van der Waals surface area contributed by atoms with Gasteiger partial charge < -0.3 is 10.1 Å². The summed E-state index contributed by atoms with van der Waals surface area (Å²) in [5, 5.41) is 2.80. The minimum atomic E-state index is -0.380. The van der Waals surface area contributed by atoms with Crippen molar-refractivity contribution in [3.05, 3.63) is 65.7 Å². The predicted octanol–water partition coefficient (Wildman–Crippen LogP) is 3.72. The standard InChI is InChI=1S/C19H21NO3S/c1-14(21)20-18(16-6-4-3-5-7-16)12-19(22)23-13-15-8-10-17(24-2)11-9-15/h3-11,18H,12-13H2,1-2H3,(H,20,21)/t18-/m1/s1. The van der Waals surface area contributed by atoms with Crippen molar-refractivity contribution in [2.75, 3.05) is 6.26 Å². The molecule has 0 heterocycles. The predicted molar refractivity (Wildman–Crippen MR) is 95.6 cm³/mol. The fourth-order valence-corrected chi connectivity index (χ4v) is 2.70. The van der Waals surface area contributed by atoms with E-state index >= 15 is 0 Å². The Morgan fingerprint density at radius 2 is 1.75 bits per heavy atom. The Balaban J connectivity index is 1.93. The minimum Gasteiger partial charge on any atom is -0.461 e. The second-order valence-electron chi connectivity index (χ2n) is 5.38. The van der Waals surface area contributed by atoms with E-state index in [-0.39, 0.29) is 30.9 Å². The number of carbonyl (C=O) groups excluding carboxylic acids is 2. The van der Waals surface area contributed by atoms with Crippen molar-refractivity contribution in [2.45, 2.75) is 30.9 Å². The van der Waals surface area contributed by atoms with Crippen LogP contribution in [-0.2, 0) is 20.9 Å². The summed E-state index contributed by atoms with van der Waals surface area (Å²) in [6.45, 7) is 1.67. The monoisotopic (exact) mass is 343 g/mol. The molecule has 0 fully saturated rings. The first-order valence-electron chi connectivity index (χ1n) is 7.69. The van der Waals surface area contributed by atoms with Crippen molar-refractivity contribution in [1.82, 2.24) is 5.32 Å². The minimum absolute atomic E-state index is 0.104. The van der Waals surface area contributed by atoms with E-state index in [4.69, 9.17) is 4.74 Å². The van der Waals surface area contributed by atoms with Crippen LogP contribution in [0.25, 0.3) is 0 Å². The number of carbonyl (C=O) groups is 2. The molecule has 1 atom stereocenters. The number of thioether (sulfide) groups is 1. The molecule has 2 rings (SSSR count). The molecule has 0 bridgehead atoms. The summed E-state index contributed by atoms with van der Waals surface area (Å²) in [5.41, 5.74) is 1.82. The number of ether oxygens (including phenoxy) is 1. The van der Waals surface area contributed by atoms with Gasteiger partial charge in [0.25, 0.3) is 0 Å². The number of benzene rings is 2. The van der Waals surface area contributed by atoms with E-state index in [0.29, 0.717) is 0 Å². The maximum atomic E-state index is 12.1. The molecule has 0 saturated carbocycles. The van der Waals surface area contributed by atoms with Crippen LogP contribution in [0.2, 0.25) is 0 Å². The maximum absolute atomic E-state index is 12.1. The van der Waals surface area contributed by atoms with Gasteiger partial charge in [-0.3, -0.25) is 9.59 Å². The van der Waals surface area contributed by atoms with Gasteiger partial charge in [0, 0.05) is 11.8 Å². The zero-order chi connectivity index (χ0) is 17.4. The number of esters is 1. The van der Waals surface area contributed by atoms with Gasteiger partial charge in [-0.2, -0.15) is 0 Å². The van der Waals surface area contributed by atoms with Gasteiger partial charge in [0.2, 0.25) is 5.91 Å². The Hall–Kier alpha value is -2.27. The highest BCUT2D eigenvalue weighted by Gasteiger charge is 2.17. The molecule has 0 aromatic heterocycles. The lowest BCUT2D eigenvalue weighted by molar-refractivity contribution is -0.145. The Kier molecular flexibility index (Phi) is 6.88. The third-order valence-corrected chi connectivity index (χ3v) is 4.25. The van der Waals surface area contributed by atoms with Gasteiger partial charge >= 0.3 is 5.97 Å². The SMILES string of the molecule is CSc1ccc(COC(=O)C[C@@H](NC(C)=O)c2ccccc2)cc1. The fraction of sp³-hybridized carbons (Fsp3) is 0.263. The van der Waals surface area contributed by atoms with E-state index in [1.165, 1.54) is 11.8 Å². The number of hydrogen-bond acceptors (Lipinski definition) is 4. The second kappa shape index (κ2) is 9.13. The largest absolute Gasteiger partial charge is 0.461 e. The fourth-order valence-electron chi connectivity index (χ4n) is 2.29.